The van der Waals surface area contributed by atoms with E-state index in [2.05, 4.69) is 4.18 Å². The molecule has 1 aromatic carbocycles. The second-order valence-corrected chi connectivity index (χ2v) is 4.19. The first-order valence-corrected chi connectivity index (χ1v) is 6.00. The van der Waals surface area contributed by atoms with Crippen molar-refractivity contribution in [2.45, 2.75) is 6.92 Å². The smallest absolute Gasteiger partial charge is 0.488 e. The quantitative estimate of drug-likeness (QED) is 0.600. The van der Waals surface area contributed by atoms with Crippen LogP contribution >= 0.6 is 0 Å². The van der Waals surface area contributed by atoms with Gasteiger partial charge in [0.25, 0.3) is 0 Å². The van der Waals surface area contributed by atoms with Crippen molar-refractivity contribution in [3.8, 4) is 17.2 Å². The molecule has 0 bridgehead atoms. The molecular formula is C10H11FO6S. The summed E-state index contributed by atoms with van der Waals surface area (Å²) in [6.07, 6.45) is 0. The molecule has 0 atom stereocenters. The molecule has 0 heterocycles. The molecule has 0 N–H and O–H groups in total. The Morgan fingerprint density at radius 2 is 1.61 bits per heavy atom. The minimum atomic E-state index is -5.23. The van der Waals surface area contributed by atoms with Crippen LogP contribution in [0.2, 0.25) is 0 Å². The molecule has 0 aliphatic rings. The molecule has 0 radical (unpaired) electrons. The summed E-state index contributed by atoms with van der Waals surface area (Å²) >= 11 is 0. The highest BCUT2D eigenvalue weighted by Gasteiger charge is 2.20. The third-order valence-corrected chi connectivity index (χ3v) is 2.43. The summed E-state index contributed by atoms with van der Waals surface area (Å²) in [6, 6.07) is 2.27. The first-order chi connectivity index (χ1) is 8.28. The molecule has 0 fully saturated rings. The van der Waals surface area contributed by atoms with Crippen molar-refractivity contribution in [1.29, 1.82) is 0 Å². The predicted octanol–water partition coefficient (Wildman–Crippen LogP) is 1.50. The molecule has 1 rings (SSSR count). The highest BCUT2D eigenvalue weighted by atomic mass is 32.3. The lowest BCUT2D eigenvalue weighted by molar-refractivity contribution is 0.101. The summed E-state index contributed by atoms with van der Waals surface area (Å²) in [7, 11) is -2.58. The molecule has 0 aromatic heterocycles. The normalized spacial score (nSPS) is 10.9. The molecule has 0 saturated carbocycles. The molecule has 0 aliphatic heterocycles. The van der Waals surface area contributed by atoms with Gasteiger partial charge in [-0.25, -0.2) is 0 Å². The summed E-state index contributed by atoms with van der Waals surface area (Å²) < 4.78 is 47.3. The SMILES string of the molecule is COc1cc(OS(=O)(=O)F)c(C(C)=O)cc1OC. The van der Waals surface area contributed by atoms with Crippen LogP contribution < -0.4 is 13.7 Å². The Morgan fingerprint density at radius 3 is 2.00 bits per heavy atom. The number of Topliss-reactive ketones (excluding diaryl/α,β-unsaturated/α-hetero) is 1. The maximum absolute atomic E-state index is 12.5. The van der Waals surface area contributed by atoms with Gasteiger partial charge in [0.2, 0.25) is 0 Å². The molecular weight excluding hydrogens is 267 g/mol. The fraction of sp³-hybridized carbons (Fsp3) is 0.300. The monoisotopic (exact) mass is 278 g/mol. The molecule has 0 saturated heterocycles. The molecule has 18 heavy (non-hydrogen) atoms. The maximum Gasteiger partial charge on any atom is 0.488 e. The average molecular weight is 278 g/mol. The fourth-order valence-corrected chi connectivity index (χ4v) is 1.66. The van der Waals surface area contributed by atoms with E-state index < -0.39 is 22.0 Å². The number of ether oxygens (including phenoxy) is 2. The van der Waals surface area contributed by atoms with Crippen molar-refractivity contribution in [3.05, 3.63) is 17.7 Å². The lowest BCUT2D eigenvalue weighted by Crippen LogP contribution is -2.07. The first kappa shape index (κ1) is 14.2. The third-order valence-electron chi connectivity index (χ3n) is 2.05. The van der Waals surface area contributed by atoms with E-state index in [-0.39, 0.29) is 17.1 Å². The van der Waals surface area contributed by atoms with Crippen LogP contribution in [-0.2, 0) is 10.5 Å². The fourth-order valence-electron chi connectivity index (χ4n) is 1.31. The van der Waals surface area contributed by atoms with Crippen LogP contribution in [0.25, 0.3) is 0 Å². The number of benzene rings is 1. The van der Waals surface area contributed by atoms with E-state index in [4.69, 9.17) is 9.47 Å². The first-order valence-electron chi connectivity index (χ1n) is 4.69. The lowest BCUT2D eigenvalue weighted by atomic mass is 10.1. The Balaban J connectivity index is 3.42. The van der Waals surface area contributed by atoms with Crippen LogP contribution in [0.5, 0.6) is 17.2 Å². The van der Waals surface area contributed by atoms with E-state index >= 15 is 0 Å². The Labute approximate surface area is 104 Å². The van der Waals surface area contributed by atoms with Crippen LogP contribution in [0.4, 0.5) is 3.89 Å². The van der Waals surface area contributed by atoms with Crippen LogP contribution in [0.1, 0.15) is 17.3 Å². The molecule has 100 valence electrons. The summed E-state index contributed by atoms with van der Waals surface area (Å²) in [5.74, 6) is -0.648. The zero-order valence-corrected chi connectivity index (χ0v) is 10.7. The molecule has 8 heteroatoms. The van der Waals surface area contributed by atoms with Crippen LogP contribution in [0.15, 0.2) is 12.1 Å². The van der Waals surface area contributed by atoms with Gasteiger partial charge >= 0.3 is 10.5 Å². The van der Waals surface area contributed by atoms with Gasteiger partial charge in [0.15, 0.2) is 23.0 Å². The molecule has 0 aliphatic carbocycles. The van der Waals surface area contributed by atoms with Gasteiger partial charge in [-0.3, -0.25) is 4.79 Å². The summed E-state index contributed by atoms with van der Waals surface area (Å²) in [4.78, 5) is 11.3. The minimum absolute atomic E-state index is 0.112. The zero-order chi connectivity index (χ0) is 13.9. The van der Waals surface area contributed by atoms with Crippen molar-refractivity contribution in [2.24, 2.45) is 0 Å². The highest BCUT2D eigenvalue weighted by Crippen LogP contribution is 2.35. The van der Waals surface area contributed by atoms with Crippen molar-refractivity contribution < 1.29 is 30.8 Å². The largest absolute Gasteiger partial charge is 0.493 e. The standard InChI is InChI=1S/C10H11FO6S/c1-6(12)7-4-9(15-2)10(16-3)5-8(7)17-18(11,13)14/h4-5H,1-3H3. The number of hydrogen-bond donors (Lipinski definition) is 0. The van der Waals surface area contributed by atoms with Crippen LogP contribution in [0, 0.1) is 0 Å². The van der Waals surface area contributed by atoms with E-state index in [1.807, 2.05) is 0 Å². The Hall–Kier alpha value is -1.83. The van der Waals surface area contributed by atoms with Gasteiger partial charge in [-0.15, -0.1) is 0 Å². The van der Waals surface area contributed by atoms with Gasteiger partial charge in [-0.2, -0.15) is 8.42 Å². The van der Waals surface area contributed by atoms with E-state index in [1.165, 1.54) is 27.2 Å². The Kier molecular flexibility index (Phi) is 4.12. The molecule has 0 amide bonds. The number of hydrogen-bond acceptors (Lipinski definition) is 6. The lowest BCUT2D eigenvalue weighted by Gasteiger charge is -2.12. The molecule has 0 spiro atoms. The average Bonchev–Trinajstić information content (AvgIpc) is 2.25. The number of carbonyl (C=O) groups is 1. The van der Waals surface area contributed by atoms with Crippen molar-refractivity contribution in [2.75, 3.05) is 14.2 Å². The maximum atomic E-state index is 12.5. The third kappa shape index (κ3) is 3.33. The van der Waals surface area contributed by atoms with E-state index in [9.17, 15) is 17.1 Å². The highest BCUT2D eigenvalue weighted by molar-refractivity contribution is 7.81. The Morgan fingerprint density at radius 1 is 1.11 bits per heavy atom. The summed E-state index contributed by atoms with van der Waals surface area (Å²) in [5.41, 5.74) is -0.131. The predicted molar refractivity (Wildman–Crippen MR) is 60.2 cm³/mol. The van der Waals surface area contributed by atoms with E-state index in [0.717, 1.165) is 6.07 Å². The number of rotatable bonds is 5. The topological polar surface area (TPSA) is 78.9 Å². The van der Waals surface area contributed by atoms with Gasteiger partial charge in [-0.1, -0.05) is 3.89 Å². The van der Waals surface area contributed by atoms with Crippen LogP contribution in [0.3, 0.4) is 0 Å². The molecule has 1 aromatic rings. The minimum Gasteiger partial charge on any atom is -0.493 e. The Bertz CT molecular complexity index is 566. The molecule has 6 nitrogen and oxygen atoms in total. The zero-order valence-electron chi connectivity index (χ0n) is 9.89. The number of ketones is 1. The summed E-state index contributed by atoms with van der Waals surface area (Å²) in [5, 5.41) is 0. The second-order valence-electron chi connectivity index (χ2n) is 3.24. The molecule has 0 unspecified atom stereocenters. The number of methoxy groups -OCH3 is 2. The van der Waals surface area contributed by atoms with E-state index in [0.29, 0.717) is 0 Å². The second kappa shape index (κ2) is 5.21. The van der Waals surface area contributed by atoms with Gasteiger partial charge in [-0.05, 0) is 13.0 Å². The van der Waals surface area contributed by atoms with Gasteiger partial charge in [0, 0.05) is 6.07 Å². The van der Waals surface area contributed by atoms with Crippen LogP contribution in [-0.4, -0.2) is 28.4 Å². The number of carbonyl (C=O) groups excluding carboxylic acids is 1. The van der Waals surface area contributed by atoms with Gasteiger partial charge in [0.05, 0.1) is 19.8 Å². The summed E-state index contributed by atoms with van der Waals surface area (Å²) in [6.45, 7) is 1.18. The van der Waals surface area contributed by atoms with Crippen molar-refractivity contribution in [3.63, 3.8) is 0 Å². The van der Waals surface area contributed by atoms with Gasteiger partial charge in [0.1, 0.15) is 0 Å². The van der Waals surface area contributed by atoms with Gasteiger partial charge < -0.3 is 13.7 Å². The van der Waals surface area contributed by atoms with Crippen molar-refractivity contribution >= 4 is 16.3 Å². The van der Waals surface area contributed by atoms with E-state index in [1.54, 1.807) is 0 Å². The van der Waals surface area contributed by atoms with Crippen molar-refractivity contribution in [1.82, 2.24) is 0 Å². The number of halogens is 1.